The quantitative estimate of drug-likeness (QED) is 0.203. The fraction of sp³-hybridized carbons (Fsp3) is 0.316. The van der Waals surface area contributed by atoms with Crippen LogP contribution in [0.2, 0.25) is 0 Å². The van der Waals surface area contributed by atoms with Crippen LogP contribution in [-0.4, -0.2) is 57.4 Å². The highest BCUT2D eigenvalue weighted by molar-refractivity contribution is 5.95. The molecule has 0 aromatic heterocycles. The van der Waals surface area contributed by atoms with Crippen LogP contribution in [0.25, 0.3) is 0 Å². The van der Waals surface area contributed by atoms with Gasteiger partial charge in [-0.15, -0.1) is 0 Å². The highest BCUT2D eigenvalue weighted by atomic mass is 15.5. The summed E-state index contributed by atoms with van der Waals surface area (Å²) in [6.07, 6.45) is 0. The van der Waals surface area contributed by atoms with Gasteiger partial charge in [-0.25, -0.2) is 0 Å². The number of nitrogens with zero attached hydrogens (tertiary/aromatic N) is 5. The molecule has 5 heteroatoms. The molecule has 0 spiro atoms. The first kappa shape index (κ1) is 28.7. The average Bonchev–Trinajstić information content (AvgIpc) is 3.57. The number of likely N-dealkylation sites (N-methyl/N-ethyl adjacent to an activating group) is 4. The molecule has 2 heterocycles. The number of guanidine groups is 2. The maximum absolute atomic E-state index is 5.72. The Labute approximate surface area is 257 Å². The van der Waals surface area contributed by atoms with Crippen molar-refractivity contribution in [2.24, 2.45) is 4.99 Å². The standard InChI is InChI=1S/C38H44N5/c1-5-40-33(29-21-13-9-14-22-29)34(30-23-15-10-16-24-30)41(6-2)37(40)39-38-42(7-3)35(31-25-17-11-18-26-31)36(43(38)8-4)32-27-19-12-20-28-32/h9-28,33-36H,5-8H2,1-4H3/q+1/t33-,34-,35-,36-/m0/s1. The second-order valence-corrected chi connectivity index (χ2v) is 11.3. The third-order valence-electron chi connectivity index (χ3n) is 9.10. The second kappa shape index (κ2) is 12.9. The van der Waals surface area contributed by atoms with Crippen LogP contribution < -0.4 is 0 Å². The number of benzene rings is 4. The van der Waals surface area contributed by atoms with Crippen molar-refractivity contribution in [3.8, 4) is 0 Å². The highest BCUT2D eigenvalue weighted by Gasteiger charge is 2.51. The van der Waals surface area contributed by atoms with Gasteiger partial charge in [0.15, 0.2) is 0 Å². The van der Waals surface area contributed by atoms with Crippen LogP contribution in [0.3, 0.4) is 0 Å². The second-order valence-electron chi connectivity index (χ2n) is 11.3. The summed E-state index contributed by atoms with van der Waals surface area (Å²) < 4.78 is 2.53. The van der Waals surface area contributed by atoms with E-state index in [0.29, 0.717) is 0 Å². The van der Waals surface area contributed by atoms with Crippen LogP contribution in [0.1, 0.15) is 74.1 Å². The number of hydrogen-bond donors (Lipinski definition) is 0. The van der Waals surface area contributed by atoms with Gasteiger partial charge in [-0.1, -0.05) is 121 Å². The van der Waals surface area contributed by atoms with Gasteiger partial charge in [0, 0.05) is 13.1 Å². The molecule has 0 unspecified atom stereocenters. The van der Waals surface area contributed by atoms with E-state index >= 15 is 0 Å². The van der Waals surface area contributed by atoms with Crippen molar-refractivity contribution >= 4 is 11.9 Å². The van der Waals surface area contributed by atoms with Crippen LogP contribution in [0.15, 0.2) is 126 Å². The zero-order valence-corrected chi connectivity index (χ0v) is 25.9. The molecule has 2 aliphatic rings. The Morgan fingerprint density at radius 2 is 0.860 bits per heavy atom. The first-order valence-corrected chi connectivity index (χ1v) is 15.9. The van der Waals surface area contributed by atoms with E-state index in [1.165, 1.54) is 22.3 Å². The van der Waals surface area contributed by atoms with Crippen LogP contribution in [-0.2, 0) is 0 Å². The predicted octanol–water partition coefficient (Wildman–Crippen LogP) is 7.69. The Hall–Kier alpha value is -4.38. The van der Waals surface area contributed by atoms with Gasteiger partial charge < -0.3 is 9.80 Å². The Bertz CT molecular complexity index is 1480. The molecular formula is C38H44N5+. The van der Waals surface area contributed by atoms with E-state index in [2.05, 4.69) is 168 Å². The number of hydrogen-bond acceptors (Lipinski definition) is 2. The molecular weight excluding hydrogens is 526 g/mol. The lowest BCUT2D eigenvalue weighted by Crippen LogP contribution is -2.38. The monoisotopic (exact) mass is 570 g/mol. The van der Waals surface area contributed by atoms with E-state index in [9.17, 15) is 0 Å². The van der Waals surface area contributed by atoms with Crippen molar-refractivity contribution in [2.45, 2.75) is 51.9 Å². The first-order chi connectivity index (χ1) is 21.2. The van der Waals surface area contributed by atoms with Crippen molar-refractivity contribution in [1.82, 2.24) is 14.7 Å². The fourth-order valence-electron chi connectivity index (χ4n) is 7.26. The lowest BCUT2D eigenvalue weighted by molar-refractivity contribution is -0.564. The summed E-state index contributed by atoms with van der Waals surface area (Å²) in [7, 11) is 0. The molecule has 2 aliphatic heterocycles. The fourth-order valence-corrected chi connectivity index (χ4v) is 7.26. The van der Waals surface area contributed by atoms with Gasteiger partial charge in [-0.3, -0.25) is 9.48 Å². The summed E-state index contributed by atoms with van der Waals surface area (Å²) in [6, 6.07) is 44.6. The predicted molar refractivity (Wildman–Crippen MR) is 177 cm³/mol. The van der Waals surface area contributed by atoms with Gasteiger partial charge >= 0.3 is 5.96 Å². The van der Waals surface area contributed by atoms with Crippen molar-refractivity contribution < 1.29 is 4.58 Å². The third-order valence-corrected chi connectivity index (χ3v) is 9.10. The Kier molecular flexibility index (Phi) is 8.59. The minimum atomic E-state index is 0.161. The van der Waals surface area contributed by atoms with Gasteiger partial charge in [-0.2, -0.15) is 0 Å². The molecule has 0 bridgehead atoms. The highest BCUT2D eigenvalue weighted by Crippen LogP contribution is 2.46. The minimum Gasteiger partial charge on any atom is -0.319 e. The van der Waals surface area contributed by atoms with E-state index in [-0.39, 0.29) is 24.2 Å². The molecule has 1 saturated heterocycles. The van der Waals surface area contributed by atoms with Gasteiger partial charge in [-0.05, 0) is 54.9 Å². The maximum Gasteiger partial charge on any atom is 0.394 e. The summed E-state index contributed by atoms with van der Waals surface area (Å²) in [4.78, 5) is 13.3. The van der Waals surface area contributed by atoms with Crippen LogP contribution in [0, 0.1) is 0 Å². The van der Waals surface area contributed by atoms with Gasteiger partial charge in [0.25, 0.3) is 5.96 Å². The van der Waals surface area contributed by atoms with Crippen LogP contribution >= 0.6 is 0 Å². The molecule has 6 rings (SSSR count). The molecule has 4 atom stereocenters. The summed E-state index contributed by atoms with van der Waals surface area (Å²) in [6.45, 7) is 12.5. The van der Waals surface area contributed by atoms with E-state index < -0.39 is 0 Å². The summed E-state index contributed by atoms with van der Waals surface area (Å²) in [5.74, 6) is 2.11. The molecule has 4 aromatic rings. The minimum absolute atomic E-state index is 0.161. The summed E-state index contributed by atoms with van der Waals surface area (Å²) in [5.41, 5.74) is 5.29. The van der Waals surface area contributed by atoms with E-state index in [0.717, 1.165) is 38.1 Å². The topological polar surface area (TPSA) is 25.1 Å². The summed E-state index contributed by atoms with van der Waals surface area (Å²) >= 11 is 0. The Balaban J connectivity index is 1.55. The zero-order valence-electron chi connectivity index (χ0n) is 25.9. The SMILES string of the molecule is CCN1C(=NC2=[N+](CC)[C@@H](c3ccccc3)[C@H](c3ccccc3)N2CC)N(CC)[C@@H](c2ccccc2)[C@@H]1c1ccccc1. The van der Waals surface area contributed by atoms with Crippen molar-refractivity contribution in [3.63, 3.8) is 0 Å². The molecule has 0 aliphatic carbocycles. The molecule has 0 saturated carbocycles. The lowest BCUT2D eigenvalue weighted by atomic mass is 9.93. The third kappa shape index (κ3) is 5.22. The number of aliphatic imine (C=N–C) groups is 1. The van der Waals surface area contributed by atoms with Gasteiger partial charge in [0.05, 0.1) is 25.2 Å². The zero-order chi connectivity index (χ0) is 29.8. The van der Waals surface area contributed by atoms with E-state index in [1.807, 2.05) is 0 Å². The molecule has 43 heavy (non-hydrogen) atoms. The molecule has 0 amide bonds. The van der Waals surface area contributed by atoms with E-state index in [4.69, 9.17) is 4.99 Å². The first-order valence-electron chi connectivity index (χ1n) is 15.9. The van der Waals surface area contributed by atoms with Crippen LogP contribution in [0.5, 0.6) is 0 Å². The molecule has 0 N–H and O–H groups in total. The molecule has 5 nitrogen and oxygen atoms in total. The van der Waals surface area contributed by atoms with Crippen molar-refractivity contribution in [2.75, 3.05) is 26.2 Å². The lowest BCUT2D eigenvalue weighted by Gasteiger charge is -2.28. The molecule has 1 fully saturated rings. The largest absolute Gasteiger partial charge is 0.394 e. The summed E-state index contributed by atoms with van der Waals surface area (Å²) in [5, 5.41) is 0. The van der Waals surface area contributed by atoms with E-state index in [1.54, 1.807) is 0 Å². The molecule has 220 valence electrons. The average molecular weight is 571 g/mol. The number of rotatable bonds is 8. The Morgan fingerprint density at radius 1 is 0.488 bits per heavy atom. The smallest absolute Gasteiger partial charge is 0.319 e. The van der Waals surface area contributed by atoms with Gasteiger partial charge in [0.2, 0.25) is 0 Å². The van der Waals surface area contributed by atoms with Crippen molar-refractivity contribution in [1.29, 1.82) is 0 Å². The van der Waals surface area contributed by atoms with Crippen LogP contribution in [0.4, 0.5) is 0 Å². The molecule has 4 aromatic carbocycles. The van der Waals surface area contributed by atoms with Crippen molar-refractivity contribution in [3.05, 3.63) is 144 Å². The molecule has 0 radical (unpaired) electrons. The Morgan fingerprint density at radius 3 is 1.23 bits per heavy atom. The van der Waals surface area contributed by atoms with Gasteiger partial charge in [0.1, 0.15) is 12.1 Å². The normalized spacial score (nSPS) is 22.0. The maximum atomic E-state index is 5.72.